The lowest BCUT2D eigenvalue weighted by molar-refractivity contribution is -0.159. The van der Waals surface area contributed by atoms with E-state index in [1.807, 2.05) is 0 Å². The second-order valence-corrected chi connectivity index (χ2v) is 16.5. The van der Waals surface area contributed by atoms with E-state index in [4.69, 9.17) is 14.2 Å². The molecule has 8 heteroatoms. The van der Waals surface area contributed by atoms with E-state index in [1.165, 1.54) is 57.8 Å². The van der Waals surface area contributed by atoms with Crippen LogP contribution in [0.25, 0.3) is 0 Å². The molecule has 2 saturated heterocycles. The first-order valence-corrected chi connectivity index (χ1v) is 21.6. The number of unbranched alkanes of at least 4 members (excludes halogenated alkanes) is 8. The van der Waals surface area contributed by atoms with Gasteiger partial charge in [-0.1, -0.05) is 77.2 Å². The van der Waals surface area contributed by atoms with Crippen molar-refractivity contribution in [3.8, 4) is 0 Å². The predicted octanol–water partition coefficient (Wildman–Crippen LogP) is 8.92. The van der Waals surface area contributed by atoms with Gasteiger partial charge in [-0.05, 0) is 134 Å². The van der Waals surface area contributed by atoms with E-state index in [-0.39, 0.29) is 55.5 Å². The molecule has 5 atom stereocenters. The summed E-state index contributed by atoms with van der Waals surface area (Å²) in [6.07, 6.45) is 29.5. The van der Waals surface area contributed by atoms with Crippen molar-refractivity contribution in [2.75, 3.05) is 52.5 Å². The van der Waals surface area contributed by atoms with Crippen LogP contribution >= 0.6 is 0 Å². The lowest BCUT2D eigenvalue weighted by atomic mass is 9.80. The first-order chi connectivity index (χ1) is 25.4. The molecule has 4 rings (SSSR count). The quantitative estimate of drug-likeness (QED) is 0.0422. The van der Waals surface area contributed by atoms with Crippen LogP contribution in [-0.2, 0) is 28.6 Å². The lowest BCUT2D eigenvalue weighted by Gasteiger charge is -2.41. The molecule has 2 aliphatic carbocycles. The van der Waals surface area contributed by atoms with Crippen molar-refractivity contribution in [2.24, 2.45) is 35.5 Å². The molecule has 4 aliphatic rings. The lowest BCUT2D eigenvalue weighted by Crippen LogP contribution is -2.48. The number of likely N-dealkylation sites (tertiary alicyclic amines) is 2. The van der Waals surface area contributed by atoms with Crippen LogP contribution in [0.2, 0.25) is 0 Å². The van der Waals surface area contributed by atoms with Gasteiger partial charge in [-0.25, -0.2) is 0 Å². The first kappa shape index (κ1) is 42.6. The van der Waals surface area contributed by atoms with Crippen molar-refractivity contribution >= 4 is 17.9 Å². The molecule has 2 bridgehead atoms. The van der Waals surface area contributed by atoms with Gasteiger partial charge in [-0.3, -0.25) is 14.4 Å². The summed E-state index contributed by atoms with van der Waals surface area (Å²) in [6.45, 7) is 12.3. The Balaban J connectivity index is 1.12. The SMILES string of the molecule is CCCCC/C=C\C/C=C\CCCCCCCC(=O)OCC(COC(=O)C1CCN(C2CCN(CC)CC2)CC1)COC(=O)[C@@H]1C(C)[C@H]2CC[C@@H]1C2. The summed E-state index contributed by atoms with van der Waals surface area (Å²) in [7, 11) is 0. The fraction of sp³-hybridized carbons (Fsp3) is 0.841. The molecule has 2 heterocycles. The summed E-state index contributed by atoms with van der Waals surface area (Å²) in [6, 6.07) is 0.621. The molecule has 2 aliphatic heterocycles. The van der Waals surface area contributed by atoms with Gasteiger partial charge in [0, 0.05) is 12.5 Å². The first-order valence-electron chi connectivity index (χ1n) is 21.6. The number of carbonyl (C=O) groups is 3. The highest BCUT2D eigenvalue weighted by molar-refractivity contribution is 5.74. The Bertz CT molecular complexity index is 1090. The topological polar surface area (TPSA) is 85.4 Å². The summed E-state index contributed by atoms with van der Waals surface area (Å²) in [5, 5.41) is 0. The van der Waals surface area contributed by atoms with Crippen LogP contribution in [0.5, 0.6) is 0 Å². The Kier molecular flexibility index (Phi) is 19.9. The number of fused-ring (bicyclic) bond motifs is 2. The van der Waals surface area contributed by atoms with E-state index in [9.17, 15) is 14.4 Å². The molecule has 296 valence electrons. The highest BCUT2D eigenvalue weighted by Crippen LogP contribution is 2.52. The molecular formula is C44H74N2O6. The molecule has 4 fully saturated rings. The molecule has 0 aromatic heterocycles. The summed E-state index contributed by atoms with van der Waals surface area (Å²) in [4.78, 5) is 44.1. The van der Waals surface area contributed by atoms with Crippen molar-refractivity contribution in [3.63, 3.8) is 0 Å². The zero-order chi connectivity index (χ0) is 37.0. The number of piperidine rings is 2. The number of ether oxygens (including phenoxy) is 3. The molecule has 2 saturated carbocycles. The maximum atomic E-state index is 13.2. The average Bonchev–Trinajstić information content (AvgIpc) is 3.77. The van der Waals surface area contributed by atoms with Gasteiger partial charge in [0.15, 0.2) is 0 Å². The summed E-state index contributed by atoms with van der Waals surface area (Å²) < 4.78 is 17.4. The molecule has 0 aromatic rings. The van der Waals surface area contributed by atoms with Crippen LogP contribution in [0.3, 0.4) is 0 Å². The Hall–Kier alpha value is -2.19. The Morgan fingerprint density at radius 1 is 0.673 bits per heavy atom. The fourth-order valence-corrected chi connectivity index (χ4v) is 9.21. The normalized spacial score (nSPS) is 25.3. The number of rotatable bonds is 24. The largest absolute Gasteiger partial charge is 0.465 e. The summed E-state index contributed by atoms with van der Waals surface area (Å²) in [5.41, 5.74) is 0. The Labute approximate surface area is 316 Å². The average molecular weight is 727 g/mol. The third kappa shape index (κ3) is 14.6. The van der Waals surface area contributed by atoms with E-state index >= 15 is 0 Å². The molecule has 2 unspecified atom stereocenters. The van der Waals surface area contributed by atoms with Gasteiger partial charge < -0.3 is 24.0 Å². The van der Waals surface area contributed by atoms with Crippen LogP contribution in [0.1, 0.15) is 143 Å². The number of carbonyl (C=O) groups excluding carboxylic acids is 3. The predicted molar refractivity (Wildman–Crippen MR) is 209 cm³/mol. The minimum Gasteiger partial charge on any atom is -0.465 e. The number of hydrogen-bond acceptors (Lipinski definition) is 8. The van der Waals surface area contributed by atoms with Crippen molar-refractivity contribution in [1.29, 1.82) is 0 Å². The zero-order valence-corrected chi connectivity index (χ0v) is 33.3. The van der Waals surface area contributed by atoms with Gasteiger partial charge in [0.05, 0.1) is 17.8 Å². The van der Waals surface area contributed by atoms with Crippen LogP contribution in [-0.4, -0.2) is 86.3 Å². The van der Waals surface area contributed by atoms with Crippen LogP contribution < -0.4 is 0 Å². The van der Waals surface area contributed by atoms with E-state index in [1.54, 1.807) is 0 Å². The van der Waals surface area contributed by atoms with Gasteiger partial charge in [0.2, 0.25) is 0 Å². The Morgan fingerprint density at radius 2 is 1.29 bits per heavy atom. The fourth-order valence-electron chi connectivity index (χ4n) is 9.21. The highest BCUT2D eigenvalue weighted by Gasteiger charge is 2.49. The van der Waals surface area contributed by atoms with Crippen molar-refractivity contribution in [3.05, 3.63) is 24.3 Å². The Morgan fingerprint density at radius 3 is 1.94 bits per heavy atom. The standard InChI is InChI=1S/C44H74N2O6/c1-4-6-7-8-9-10-11-12-13-14-15-16-17-18-19-20-41(47)50-32-36(34-52-44(49)42-35(3)38-21-22-39(42)31-38)33-51-43(48)37-23-29-46(30-24-37)40-25-27-45(5-2)28-26-40/h9-10,12-13,35-40,42H,4-8,11,14-34H2,1-3H3/b10-9-,13-12-/t35?,36?,38-,39+,42+/m0/s1. The molecule has 0 aromatic carbocycles. The number of hydrogen-bond donors (Lipinski definition) is 0. The summed E-state index contributed by atoms with van der Waals surface area (Å²) >= 11 is 0. The van der Waals surface area contributed by atoms with Gasteiger partial charge in [0.1, 0.15) is 19.8 Å². The third-order valence-electron chi connectivity index (χ3n) is 12.7. The minimum absolute atomic E-state index is 0.0397. The van der Waals surface area contributed by atoms with Gasteiger partial charge in [-0.15, -0.1) is 0 Å². The smallest absolute Gasteiger partial charge is 0.309 e. The maximum absolute atomic E-state index is 13.2. The number of esters is 3. The van der Waals surface area contributed by atoms with Crippen molar-refractivity contribution in [2.45, 2.75) is 149 Å². The molecular weight excluding hydrogens is 652 g/mol. The summed E-state index contributed by atoms with van der Waals surface area (Å²) in [5.74, 6) is 0.369. The molecule has 8 nitrogen and oxygen atoms in total. The van der Waals surface area contributed by atoms with Crippen LogP contribution in [0, 0.1) is 35.5 Å². The van der Waals surface area contributed by atoms with Crippen LogP contribution in [0.15, 0.2) is 24.3 Å². The third-order valence-corrected chi connectivity index (χ3v) is 12.7. The number of nitrogens with zero attached hydrogens (tertiary/aromatic N) is 2. The van der Waals surface area contributed by atoms with Crippen molar-refractivity contribution < 1.29 is 28.6 Å². The van der Waals surface area contributed by atoms with Crippen molar-refractivity contribution in [1.82, 2.24) is 9.80 Å². The molecule has 0 radical (unpaired) electrons. The van der Waals surface area contributed by atoms with E-state index in [0.717, 1.165) is 90.5 Å². The monoisotopic (exact) mass is 727 g/mol. The minimum atomic E-state index is -0.362. The second kappa shape index (κ2) is 24.3. The van der Waals surface area contributed by atoms with Crippen LogP contribution in [0.4, 0.5) is 0 Å². The number of allylic oxidation sites excluding steroid dienone is 4. The van der Waals surface area contributed by atoms with E-state index in [0.29, 0.717) is 30.2 Å². The second-order valence-electron chi connectivity index (χ2n) is 16.5. The zero-order valence-electron chi connectivity index (χ0n) is 33.3. The van der Waals surface area contributed by atoms with Gasteiger partial charge in [0.25, 0.3) is 0 Å². The van der Waals surface area contributed by atoms with E-state index < -0.39 is 0 Å². The molecule has 0 spiro atoms. The molecule has 0 N–H and O–H groups in total. The maximum Gasteiger partial charge on any atom is 0.309 e. The van der Waals surface area contributed by atoms with Gasteiger partial charge in [-0.2, -0.15) is 0 Å². The highest BCUT2D eigenvalue weighted by atomic mass is 16.6. The van der Waals surface area contributed by atoms with E-state index in [2.05, 4.69) is 54.9 Å². The van der Waals surface area contributed by atoms with Gasteiger partial charge >= 0.3 is 17.9 Å². The molecule has 0 amide bonds. The molecule has 52 heavy (non-hydrogen) atoms.